The molecule has 2 aromatic rings. The number of methoxy groups -OCH3 is 1. The monoisotopic (exact) mass is 760 g/mol. The first-order chi connectivity index (χ1) is 20.8. The van der Waals surface area contributed by atoms with E-state index < -0.39 is 28.2 Å². The van der Waals surface area contributed by atoms with Crippen molar-refractivity contribution in [3.05, 3.63) is 68.1 Å². The molecule has 45 heavy (non-hydrogen) atoms. The lowest BCUT2D eigenvalue weighted by Crippen LogP contribution is -2.47. The summed E-state index contributed by atoms with van der Waals surface area (Å²) in [4.78, 5) is 27.4. The van der Waals surface area contributed by atoms with Crippen LogP contribution in [0.2, 0.25) is 0 Å². The van der Waals surface area contributed by atoms with Crippen LogP contribution in [0, 0.1) is 11.6 Å². The predicted octanol–water partition coefficient (Wildman–Crippen LogP) is 8.27. The first kappa shape index (κ1) is 37.2. The summed E-state index contributed by atoms with van der Waals surface area (Å²) in [5.41, 5.74) is -1.40. The minimum atomic E-state index is -1.11. The molecule has 0 bridgehead atoms. The first-order valence-corrected chi connectivity index (χ1v) is 16.5. The van der Waals surface area contributed by atoms with E-state index in [1.165, 1.54) is 12.1 Å². The van der Waals surface area contributed by atoms with Gasteiger partial charge in [-0.2, -0.15) is 0 Å². The third-order valence-corrected chi connectivity index (χ3v) is 9.04. The van der Waals surface area contributed by atoms with Crippen LogP contribution in [0.15, 0.2) is 45.3 Å². The van der Waals surface area contributed by atoms with E-state index in [-0.39, 0.29) is 18.0 Å². The van der Waals surface area contributed by atoms with Crippen molar-refractivity contribution in [2.45, 2.75) is 89.6 Å². The van der Waals surface area contributed by atoms with E-state index in [1.807, 2.05) is 47.6 Å². The normalized spacial score (nSPS) is 18.0. The average molecular weight is 763 g/mol. The zero-order chi connectivity index (χ0) is 33.8. The van der Waals surface area contributed by atoms with Crippen LogP contribution in [0.4, 0.5) is 18.4 Å². The summed E-state index contributed by atoms with van der Waals surface area (Å²) >= 11 is 6.27. The van der Waals surface area contributed by atoms with Crippen LogP contribution in [0.25, 0.3) is 0 Å². The highest BCUT2D eigenvalue weighted by atomic mass is 79.9. The molecule has 250 valence electrons. The highest BCUT2D eigenvalue weighted by Gasteiger charge is 2.39. The van der Waals surface area contributed by atoms with Gasteiger partial charge in [-0.3, -0.25) is 0 Å². The Morgan fingerprint density at radius 2 is 1.11 bits per heavy atom. The molecule has 2 saturated heterocycles. The van der Waals surface area contributed by atoms with Crippen molar-refractivity contribution in [1.29, 1.82) is 0 Å². The van der Waals surface area contributed by atoms with E-state index >= 15 is 0 Å². The van der Waals surface area contributed by atoms with Gasteiger partial charge in [0.2, 0.25) is 0 Å². The summed E-state index contributed by atoms with van der Waals surface area (Å²) in [5.74, 6) is -0.714. The Balaban J connectivity index is 0.000000246. The van der Waals surface area contributed by atoms with E-state index in [9.17, 15) is 23.5 Å². The number of nitrogens with zero attached hydrogens (tertiary/aromatic N) is 2. The van der Waals surface area contributed by atoms with E-state index in [0.717, 1.165) is 5.56 Å². The molecule has 0 radical (unpaired) electrons. The summed E-state index contributed by atoms with van der Waals surface area (Å²) in [6.45, 7) is 12.8. The number of piperidine rings is 2. The third-order valence-electron chi connectivity index (χ3n) is 7.76. The van der Waals surface area contributed by atoms with E-state index in [0.29, 0.717) is 66.4 Å². The number of aliphatic hydroxyl groups is 1. The van der Waals surface area contributed by atoms with Crippen molar-refractivity contribution in [2.75, 3.05) is 33.3 Å². The van der Waals surface area contributed by atoms with Gasteiger partial charge in [0.25, 0.3) is 0 Å². The number of likely N-dealkylation sites (tertiary alicyclic amines) is 2. The van der Waals surface area contributed by atoms with Gasteiger partial charge in [0.1, 0.15) is 22.8 Å². The minimum absolute atomic E-state index is 0.312. The smallest absolute Gasteiger partial charge is 0.410 e. The summed E-state index contributed by atoms with van der Waals surface area (Å²) in [5, 5.41) is 10.7. The topological polar surface area (TPSA) is 88.5 Å². The second-order valence-corrected chi connectivity index (χ2v) is 15.1. The molecular formula is C33H44Br2F2N2O6. The highest BCUT2D eigenvalue weighted by Crippen LogP contribution is 2.38. The summed E-state index contributed by atoms with van der Waals surface area (Å²) in [6, 6.07) is 9.68. The Morgan fingerprint density at radius 3 is 1.49 bits per heavy atom. The van der Waals surface area contributed by atoms with Crippen LogP contribution in [0.5, 0.6) is 0 Å². The fraction of sp³-hybridized carbons (Fsp3) is 0.576. The van der Waals surface area contributed by atoms with Crippen molar-refractivity contribution in [1.82, 2.24) is 9.80 Å². The maximum absolute atomic E-state index is 13.8. The Bertz CT molecular complexity index is 1350. The standard InChI is InChI=1S/C17H23BrFNO3.C16H21BrFNO3/c1-16(2,3)23-15(21)20-9-7-17(22-4,8-10-20)12-5-6-13(18)14(19)11-12;1-15(2,3)22-14(20)19-8-6-16(21,7-9-19)11-4-5-12(17)13(18)10-11/h5-6,11H,7-10H2,1-4H3;4-5,10,21H,6-9H2,1-3H3. The quantitative estimate of drug-likeness (QED) is 0.339. The number of carbonyl (C=O) groups excluding carboxylic acids is 2. The molecule has 2 amide bonds. The number of halogens is 4. The molecule has 2 aromatic carbocycles. The number of hydrogen-bond donors (Lipinski definition) is 1. The first-order valence-electron chi connectivity index (χ1n) is 14.9. The zero-order valence-electron chi connectivity index (χ0n) is 27.0. The second-order valence-electron chi connectivity index (χ2n) is 13.4. The number of benzene rings is 2. The number of carbonyl (C=O) groups is 2. The van der Waals surface area contributed by atoms with Crippen LogP contribution in [0.1, 0.15) is 78.4 Å². The second kappa shape index (κ2) is 14.6. The van der Waals surface area contributed by atoms with Gasteiger partial charge in [0.15, 0.2) is 0 Å². The lowest BCUT2D eigenvalue weighted by Gasteiger charge is -2.41. The molecule has 0 aromatic heterocycles. The Morgan fingerprint density at radius 1 is 0.733 bits per heavy atom. The van der Waals surface area contributed by atoms with Gasteiger partial charge in [0.05, 0.1) is 20.1 Å². The van der Waals surface area contributed by atoms with Gasteiger partial charge in [-0.15, -0.1) is 0 Å². The van der Waals surface area contributed by atoms with Crippen LogP contribution in [-0.4, -0.2) is 71.6 Å². The number of amides is 2. The maximum atomic E-state index is 13.8. The molecule has 0 atom stereocenters. The van der Waals surface area contributed by atoms with Crippen LogP contribution >= 0.6 is 31.9 Å². The fourth-order valence-electron chi connectivity index (χ4n) is 5.23. The fourth-order valence-corrected chi connectivity index (χ4v) is 5.72. The summed E-state index contributed by atoms with van der Waals surface area (Å²) in [6.07, 6.45) is 1.22. The van der Waals surface area contributed by atoms with E-state index in [1.54, 1.807) is 35.1 Å². The molecule has 0 saturated carbocycles. The molecule has 2 aliphatic heterocycles. The van der Waals surface area contributed by atoms with Gasteiger partial charge in [0, 0.05) is 33.3 Å². The van der Waals surface area contributed by atoms with Crippen molar-refractivity contribution in [3.63, 3.8) is 0 Å². The van der Waals surface area contributed by atoms with Gasteiger partial charge < -0.3 is 29.1 Å². The van der Waals surface area contributed by atoms with Crippen LogP contribution in [0.3, 0.4) is 0 Å². The maximum Gasteiger partial charge on any atom is 0.410 e. The van der Waals surface area contributed by atoms with Gasteiger partial charge in [-0.25, -0.2) is 18.4 Å². The molecule has 1 N–H and O–H groups in total. The molecule has 0 unspecified atom stereocenters. The summed E-state index contributed by atoms with van der Waals surface area (Å²) in [7, 11) is 1.63. The molecular weight excluding hydrogens is 718 g/mol. The van der Waals surface area contributed by atoms with Crippen molar-refractivity contribution in [3.8, 4) is 0 Å². The highest BCUT2D eigenvalue weighted by molar-refractivity contribution is 9.10. The zero-order valence-corrected chi connectivity index (χ0v) is 30.2. The molecule has 12 heteroatoms. The molecule has 2 fully saturated rings. The van der Waals surface area contributed by atoms with Crippen molar-refractivity contribution >= 4 is 44.0 Å². The van der Waals surface area contributed by atoms with Gasteiger partial charge in [-0.05, 0) is 134 Å². The average Bonchev–Trinajstić information content (AvgIpc) is 2.95. The molecule has 4 rings (SSSR count). The largest absolute Gasteiger partial charge is 0.444 e. The molecule has 0 spiro atoms. The number of rotatable bonds is 3. The van der Waals surface area contributed by atoms with Crippen LogP contribution < -0.4 is 0 Å². The Kier molecular flexibility index (Phi) is 12.1. The molecule has 2 aliphatic rings. The van der Waals surface area contributed by atoms with E-state index in [2.05, 4.69) is 31.9 Å². The van der Waals surface area contributed by atoms with Crippen LogP contribution in [-0.2, 0) is 25.4 Å². The number of ether oxygens (including phenoxy) is 3. The number of hydrogen-bond acceptors (Lipinski definition) is 6. The lowest BCUT2D eigenvalue weighted by molar-refractivity contribution is -0.0652. The van der Waals surface area contributed by atoms with Gasteiger partial charge >= 0.3 is 12.2 Å². The lowest BCUT2D eigenvalue weighted by atomic mass is 9.84. The van der Waals surface area contributed by atoms with Crippen molar-refractivity contribution < 1.29 is 37.7 Å². The molecule has 8 nitrogen and oxygen atoms in total. The third kappa shape index (κ3) is 10.1. The molecule has 2 heterocycles. The molecule has 0 aliphatic carbocycles. The Labute approximate surface area is 281 Å². The summed E-state index contributed by atoms with van der Waals surface area (Å²) < 4.78 is 44.7. The van der Waals surface area contributed by atoms with Gasteiger partial charge in [-0.1, -0.05) is 12.1 Å². The Hall–Kier alpha value is -2.28. The SMILES string of the molecule is CC(C)(C)OC(=O)N1CCC(O)(c2ccc(Br)c(F)c2)CC1.COC1(c2ccc(Br)c(F)c2)CCN(C(=O)OC(C)(C)C)CC1. The predicted molar refractivity (Wildman–Crippen MR) is 175 cm³/mol. The minimum Gasteiger partial charge on any atom is -0.444 e. The van der Waals surface area contributed by atoms with E-state index in [4.69, 9.17) is 14.2 Å². The van der Waals surface area contributed by atoms with Crippen molar-refractivity contribution in [2.24, 2.45) is 0 Å².